The molecule has 0 atom stereocenters. The molecule has 0 spiro atoms. The smallest absolute Gasteiger partial charge is 0.242 e. The molecule has 0 unspecified atom stereocenters. The Morgan fingerprint density at radius 1 is 1.29 bits per heavy atom. The predicted octanol–water partition coefficient (Wildman–Crippen LogP) is 5.54. The van der Waals surface area contributed by atoms with E-state index in [0.717, 1.165) is 36.2 Å². The summed E-state index contributed by atoms with van der Waals surface area (Å²) < 4.78 is 2.23. The van der Waals surface area contributed by atoms with Crippen molar-refractivity contribution >= 4 is 41.1 Å². The lowest BCUT2D eigenvalue weighted by atomic mass is 10.2. The lowest BCUT2D eigenvalue weighted by molar-refractivity contribution is -0.132. The van der Waals surface area contributed by atoms with Gasteiger partial charge in [-0.05, 0) is 47.8 Å². The fraction of sp³-hybridized carbons (Fsp3) is 0.350. The first-order valence-electron chi connectivity index (χ1n) is 9.29. The van der Waals surface area contributed by atoms with Crippen LogP contribution >= 0.6 is 35.2 Å². The lowest BCUT2D eigenvalue weighted by Crippen LogP contribution is -2.34. The Bertz CT molecular complexity index is 948. The highest BCUT2D eigenvalue weighted by molar-refractivity contribution is 7.71. The Kier molecular flexibility index (Phi) is 7.42. The molecule has 1 N–H and O–H groups in total. The van der Waals surface area contributed by atoms with Crippen molar-refractivity contribution in [1.29, 1.82) is 0 Å². The van der Waals surface area contributed by atoms with Gasteiger partial charge in [-0.15, -0.1) is 11.3 Å². The second kappa shape index (κ2) is 10.0. The van der Waals surface area contributed by atoms with Crippen LogP contribution in [-0.2, 0) is 17.9 Å². The largest absolute Gasteiger partial charge is 0.337 e. The Balaban J connectivity index is 1.78. The number of nitrogens with zero attached hydrogens (tertiary/aromatic N) is 3. The maximum Gasteiger partial charge on any atom is 0.242 e. The van der Waals surface area contributed by atoms with Gasteiger partial charge in [-0.1, -0.05) is 49.6 Å². The number of halogens is 1. The van der Waals surface area contributed by atoms with Crippen molar-refractivity contribution in [3.05, 3.63) is 57.1 Å². The van der Waals surface area contributed by atoms with Gasteiger partial charge in [-0.25, -0.2) is 0 Å². The average molecular weight is 435 g/mol. The van der Waals surface area contributed by atoms with E-state index in [1.54, 1.807) is 15.9 Å². The van der Waals surface area contributed by atoms with Crippen LogP contribution in [0.4, 0.5) is 0 Å². The number of carbonyl (C=O) groups excluding carboxylic acids is 1. The zero-order chi connectivity index (χ0) is 19.9. The summed E-state index contributed by atoms with van der Waals surface area (Å²) in [5, 5.41) is 9.80. The van der Waals surface area contributed by atoms with E-state index in [4.69, 9.17) is 23.8 Å². The molecule has 3 aromatic rings. The van der Waals surface area contributed by atoms with Gasteiger partial charge in [-0.2, -0.15) is 5.10 Å². The fourth-order valence-corrected chi connectivity index (χ4v) is 3.99. The molecule has 1 amide bonds. The van der Waals surface area contributed by atoms with Crippen LogP contribution in [-0.4, -0.2) is 32.1 Å². The third-order valence-corrected chi connectivity index (χ3v) is 5.89. The van der Waals surface area contributed by atoms with Crippen LogP contribution < -0.4 is 0 Å². The number of H-pyrrole nitrogens is 1. The molecule has 0 aliphatic carbocycles. The fourth-order valence-electron chi connectivity index (χ4n) is 2.95. The molecule has 0 saturated carbocycles. The summed E-state index contributed by atoms with van der Waals surface area (Å²) in [4.78, 5) is 16.0. The highest BCUT2D eigenvalue weighted by atomic mass is 35.5. The lowest BCUT2D eigenvalue weighted by Gasteiger charge is -2.23. The number of rotatable bonds is 9. The van der Waals surface area contributed by atoms with E-state index in [1.807, 2.05) is 46.7 Å². The second-order valence-corrected chi connectivity index (χ2v) is 8.34. The van der Waals surface area contributed by atoms with Gasteiger partial charge in [0.1, 0.15) is 6.54 Å². The van der Waals surface area contributed by atoms with Gasteiger partial charge < -0.3 is 4.90 Å². The van der Waals surface area contributed by atoms with Crippen LogP contribution in [0.5, 0.6) is 0 Å². The number of benzene rings is 1. The van der Waals surface area contributed by atoms with Crippen LogP contribution in [0, 0.1) is 4.77 Å². The molecule has 8 heteroatoms. The standard InChI is InChI=1S/C20H23ClN4OS2/c1-2-3-4-11-24(13-15-7-9-16(21)10-8-15)18(26)14-25-19(22-23-20(25)27)17-6-5-12-28-17/h5-10,12H,2-4,11,13-14H2,1H3,(H,23,27). The SMILES string of the molecule is CCCCCN(Cc1ccc(Cl)cc1)C(=O)Cn1c(-c2cccs2)n[nH]c1=S. The first-order valence-corrected chi connectivity index (χ1v) is 11.0. The van der Waals surface area contributed by atoms with Crippen LogP contribution in [0.1, 0.15) is 31.7 Å². The second-order valence-electron chi connectivity index (χ2n) is 6.56. The number of hydrogen-bond acceptors (Lipinski definition) is 4. The van der Waals surface area contributed by atoms with Gasteiger partial charge in [0.05, 0.1) is 4.88 Å². The molecule has 0 radical (unpaired) electrons. The van der Waals surface area contributed by atoms with Crippen molar-refractivity contribution in [2.45, 2.75) is 39.3 Å². The third kappa shape index (κ3) is 5.31. The Labute approximate surface area is 179 Å². The van der Waals surface area contributed by atoms with E-state index >= 15 is 0 Å². The van der Waals surface area contributed by atoms with Gasteiger partial charge in [0.15, 0.2) is 10.6 Å². The Morgan fingerprint density at radius 3 is 2.75 bits per heavy atom. The number of hydrogen-bond donors (Lipinski definition) is 1. The number of thiophene rings is 1. The van der Waals surface area contributed by atoms with Crippen molar-refractivity contribution in [3.8, 4) is 10.7 Å². The maximum absolute atomic E-state index is 13.1. The minimum Gasteiger partial charge on any atom is -0.337 e. The monoisotopic (exact) mass is 434 g/mol. The van der Waals surface area contributed by atoms with Gasteiger partial charge in [0.2, 0.25) is 5.91 Å². The molecule has 0 bridgehead atoms. The summed E-state index contributed by atoms with van der Waals surface area (Å²) in [6.07, 6.45) is 3.18. The van der Waals surface area contributed by atoms with E-state index in [9.17, 15) is 4.79 Å². The summed E-state index contributed by atoms with van der Waals surface area (Å²) in [5.74, 6) is 0.731. The minimum absolute atomic E-state index is 0.0290. The predicted molar refractivity (Wildman–Crippen MR) is 117 cm³/mol. The van der Waals surface area contributed by atoms with Crippen molar-refractivity contribution in [3.63, 3.8) is 0 Å². The third-order valence-electron chi connectivity index (χ3n) is 4.46. The molecule has 0 fully saturated rings. The zero-order valence-corrected chi connectivity index (χ0v) is 18.1. The Hall–Kier alpha value is -1.96. The molecular formula is C20H23ClN4OS2. The molecular weight excluding hydrogens is 412 g/mol. The number of aromatic amines is 1. The summed E-state index contributed by atoms with van der Waals surface area (Å²) in [6.45, 7) is 3.60. The van der Waals surface area contributed by atoms with Crippen molar-refractivity contribution in [1.82, 2.24) is 19.7 Å². The molecule has 3 rings (SSSR count). The first kappa shape index (κ1) is 20.8. The van der Waals surface area contributed by atoms with Crippen LogP contribution in [0.3, 0.4) is 0 Å². The number of carbonyl (C=O) groups is 1. The summed E-state index contributed by atoms with van der Waals surface area (Å²) in [5.41, 5.74) is 1.06. The van der Waals surface area contributed by atoms with E-state index in [-0.39, 0.29) is 12.5 Å². The van der Waals surface area contributed by atoms with Gasteiger partial charge in [0, 0.05) is 18.1 Å². The van der Waals surface area contributed by atoms with E-state index in [2.05, 4.69) is 17.1 Å². The van der Waals surface area contributed by atoms with Crippen molar-refractivity contribution < 1.29 is 4.79 Å². The molecule has 0 aliphatic rings. The zero-order valence-electron chi connectivity index (χ0n) is 15.7. The van der Waals surface area contributed by atoms with Crippen LogP contribution in [0.2, 0.25) is 5.02 Å². The number of amides is 1. The number of nitrogens with one attached hydrogen (secondary N) is 1. The number of aromatic nitrogens is 3. The molecule has 2 aromatic heterocycles. The molecule has 0 saturated heterocycles. The van der Waals surface area contributed by atoms with Crippen LogP contribution in [0.15, 0.2) is 41.8 Å². The topological polar surface area (TPSA) is 53.9 Å². The minimum atomic E-state index is 0.0290. The van der Waals surface area contributed by atoms with Crippen LogP contribution in [0.25, 0.3) is 10.7 Å². The summed E-state index contributed by atoms with van der Waals surface area (Å²) >= 11 is 12.9. The quantitative estimate of drug-likeness (QED) is 0.355. The van der Waals surface area contributed by atoms with E-state index < -0.39 is 0 Å². The average Bonchev–Trinajstić information content (AvgIpc) is 3.33. The molecule has 2 heterocycles. The first-order chi connectivity index (χ1) is 13.6. The summed E-state index contributed by atoms with van der Waals surface area (Å²) in [7, 11) is 0. The molecule has 1 aromatic carbocycles. The van der Waals surface area contributed by atoms with E-state index in [1.165, 1.54) is 0 Å². The maximum atomic E-state index is 13.1. The van der Waals surface area contributed by atoms with Crippen molar-refractivity contribution in [2.24, 2.45) is 0 Å². The summed E-state index contributed by atoms with van der Waals surface area (Å²) in [6, 6.07) is 11.6. The van der Waals surface area contributed by atoms with Gasteiger partial charge in [-0.3, -0.25) is 14.5 Å². The van der Waals surface area contributed by atoms with E-state index in [0.29, 0.717) is 22.2 Å². The number of unbranched alkanes of at least 4 members (excludes halogenated alkanes) is 2. The van der Waals surface area contributed by atoms with Gasteiger partial charge >= 0.3 is 0 Å². The molecule has 148 valence electrons. The highest BCUT2D eigenvalue weighted by Gasteiger charge is 2.18. The molecule has 0 aliphatic heterocycles. The highest BCUT2D eigenvalue weighted by Crippen LogP contribution is 2.23. The molecule has 5 nitrogen and oxygen atoms in total. The van der Waals surface area contributed by atoms with Gasteiger partial charge in [0.25, 0.3) is 0 Å². The molecule has 28 heavy (non-hydrogen) atoms. The normalized spacial score (nSPS) is 10.9. The van der Waals surface area contributed by atoms with Crippen molar-refractivity contribution in [2.75, 3.05) is 6.54 Å². The Morgan fingerprint density at radius 2 is 2.07 bits per heavy atom.